The van der Waals surface area contributed by atoms with Gasteiger partial charge in [-0.2, -0.15) is 11.8 Å². The van der Waals surface area contributed by atoms with Crippen LogP contribution in [0.15, 0.2) is 6.20 Å². The summed E-state index contributed by atoms with van der Waals surface area (Å²) in [6.07, 6.45) is -5.08. The number of hydrogen-bond donors (Lipinski definition) is 12. The Labute approximate surface area is 429 Å². The molecule has 5 heterocycles. The normalized spacial score (nSPS) is 28.9. The fourth-order valence-corrected chi connectivity index (χ4v) is 10.2. The maximum absolute atomic E-state index is 12.4. The number of thioether (sulfide) groups is 1. The van der Waals surface area contributed by atoms with Gasteiger partial charge in [-0.1, -0.05) is 18.1 Å². The van der Waals surface area contributed by atoms with Gasteiger partial charge in [0, 0.05) is 82.3 Å². The number of fused-ring (bicyclic) bond motifs is 1. The third-order valence-corrected chi connectivity index (χ3v) is 14.3. The van der Waals surface area contributed by atoms with Gasteiger partial charge in [-0.3, -0.25) is 19.1 Å². The van der Waals surface area contributed by atoms with Gasteiger partial charge in [-0.25, -0.2) is 4.79 Å². The van der Waals surface area contributed by atoms with Crippen molar-refractivity contribution in [3.8, 4) is 0 Å². The number of carbonyl (C=O) groups excluding carboxylic acids is 4. The molecular weight excluding hydrogens is 985 g/mol. The van der Waals surface area contributed by atoms with Crippen molar-refractivity contribution < 1.29 is 88.1 Å². The minimum Gasteiger partial charge on any atom is -0.394 e. The molecule has 4 saturated heterocycles. The Kier molecular flexibility index (Phi) is 27.8. The van der Waals surface area contributed by atoms with E-state index in [2.05, 4.69) is 36.9 Å². The quantitative estimate of drug-likeness (QED) is 0.0229. The van der Waals surface area contributed by atoms with Crippen molar-refractivity contribution in [3.05, 3.63) is 11.9 Å². The molecule has 418 valence electrons. The van der Waals surface area contributed by atoms with E-state index < -0.39 is 74.6 Å². The zero-order valence-electron chi connectivity index (χ0n) is 41.5. The number of amides is 5. The lowest BCUT2D eigenvalue weighted by atomic mass is 9.97. The van der Waals surface area contributed by atoms with Gasteiger partial charge in [0.25, 0.3) is 0 Å². The van der Waals surface area contributed by atoms with E-state index in [0.29, 0.717) is 115 Å². The van der Waals surface area contributed by atoms with Crippen molar-refractivity contribution in [1.29, 1.82) is 0 Å². The molecule has 1 aromatic heterocycles. The van der Waals surface area contributed by atoms with E-state index >= 15 is 0 Å². The highest BCUT2D eigenvalue weighted by Crippen LogP contribution is 2.33. The number of rotatable bonds is 37. The largest absolute Gasteiger partial charge is 0.394 e. The summed E-state index contributed by atoms with van der Waals surface area (Å²) in [7, 11) is 0. The second-order valence-electron chi connectivity index (χ2n) is 18.5. The van der Waals surface area contributed by atoms with Crippen LogP contribution in [0.3, 0.4) is 0 Å². The Balaban J connectivity index is 0.750. The smallest absolute Gasteiger partial charge is 0.315 e. The third-order valence-electron chi connectivity index (χ3n) is 12.8. The zero-order chi connectivity index (χ0) is 52.4. The number of ether oxygens (including phenoxy) is 7. The summed E-state index contributed by atoms with van der Waals surface area (Å²) in [5.74, 6) is 0.885. The van der Waals surface area contributed by atoms with Gasteiger partial charge in [0.2, 0.25) is 17.7 Å². The van der Waals surface area contributed by atoms with Gasteiger partial charge in [-0.15, -0.1) is 5.10 Å². The van der Waals surface area contributed by atoms with Crippen molar-refractivity contribution in [2.45, 2.75) is 169 Å². The van der Waals surface area contributed by atoms with E-state index in [9.17, 15) is 54.9 Å². The van der Waals surface area contributed by atoms with Crippen LogP contribution in [0.25, 0.3) is 0 Å². The van der Waals surface area contributed by atoms with Crippen LogP contribution in [0.1, 0.15) is 82.7 Å². The van der Waals surface area contributed by atoms with Crippen molar-refractivity contribution >= 4 is 35.5 Å². The first-order chi connectivity index (χ1) is 35.4. The molecule has 0 aliphatic carbocycles. The molecule has 0 bridgehead atoms. The molecule has 4 aliphatic heterocycles. The molecule has 0 spiro atoms. The first-order valence-electron chi connectivity index (χ1n) is 25.7. The highest BCUT2D eigenvalue weighted by atomic mass is 32.2. The number of unbranched alkanes of at least 4 members (excludes halogenated alkanes) is 3. The van der Waals surface area contributed by atoms with Crippen molar-refractivity contribution in [2.75, 3.05) is 84.8 Å². The molecule has 0 unspecified atom stereocenters. The van der Waals surface area contributed by atoms with Crippen LogP contribution in [-0.2, 0) is 60.5 Å². The van der Waals surface area contributed by atoms with E-state index in [-0.39, 0.29) is 48.9 Å². The second kappa shape index (κ2) is 33.6. The molecule has 13 atom stereocenters. The lowest BCUT2D eigenvalue weighted by molar-refractivity contribution is -0.359. The van der Waals surface area contributed by atoms with Gasteiger partial charge in [-0.05, 0) is 44.9 Å². The highest BCUT2D eigenvalue weighted by molar-refractivity contribution is 8.00. The molecule has 73 heavy (non-hydrogen) atoms. The topological polar surface area (TPSA) is 365 Å². The number of aliphatic hydroxyl groups excluding tert-OH is 7. The molecule has 5 amide bonds. The molecule has 0 radical (unpaired) electrons. The maximum Gasteiger partial charge on any atom is 0.315 e. The molecule has 0 aromatic carbocycles. The van der Waals surface area contributed by atoms with E-state index in [0.717, 1.165) is 44.3 Å². The molecule has 4 aliphatic rings. The molecule has 5 rings (SSSR count). The van der Waals surface area contributed by atoms with Crippen LogP contribution >= 0.6 is 11.8 Å². The molecule has 12 N–H and O–H groups in total. The van der Waals surface area contributed by atoms with E-state index in [1.165, 1.54) is 0 Å². The number of hydrogen-bond acceptors (Lipinski definition) is 21. The average Bonchev–Trinajstić information content (AvgIpc) is 4.11. The van der Waals surface area contributed by atoms with Crippen LogP contribution in [0.4, 0.5) is 4.79 Å². The number of aliphatic hydroxyl groups is 7. The van der Waals surface area contributed by atoms with Gasteiger partial charge >= 0.3 is 6.03 Å². The number of nitrogens with one attached hydrogen (secondary N) is 5. The van der Waals surface area contributed by atoms with Crippen LogP contribution < -0.4 is 26.6 Å². The molecule has 1 aromatic rings. The number of nitrogens with zero attached hydrogens (tertiary/aromatic N) is 3. The predicted molar refractivity (Wildman–Crippen MR) is 258 cm³/mol. The highest BCUT2D eigenvalue weighted by Gasteiger charge is 2.51. The summed E-state index contributed by atoms with van der Waals surface area (Å²) in [6.45, 7) is 3.32. The van der Waals surface area contributed by atoms with E-state index in [4.69, 9.17) is 33.2 Å². The lowest BCUT2D eigenvalue weighted by Crippen LogP contribution is -2.64. The molecule has 4 fully saturated rings. The Bertz CT molecular complexity index is 1760. The summed E-state index contributed by atoms with van der Waals surface area (Å²) < 4.78 is 40.4. The molecular formula is C46H80N8O18S. The molecule has 26 nitrogen and oxygen atoms in total. The lowest BCUT2D eigenvalue weighted by Gasteiger charge is -2.45. The average molecular weight is 1070 g/mol. The second-order valence-corrected chi connectivity index (χ2v) is 19.7. The van der Waals surface area contributed by atoms with Gasteiger partial charge < -0.3 is 95.5 Å². The minimum atomic E-state index is -1.77. The van der Waals surface area contributed by atoms with Crippen LogP contribution in [0.5, 0.6) is 0 Å². The predicted octanol–water partition coefficient (Wildman–Crippen LogP) is -3.29. The van der Waals surface area contributed by atoms with Crippen LogP contribution in [-0.4, -0.2) is 238 Å². The molecule has 0 saturated carbocycles. The summed E-state index contributed by atoms with van der Waals surface area (Å²) in [4.78, 5) is 48.2. The van der Waals surface area contributed by atoms with Gasteiger partial charge in [0.05, 0.1) is 64.0 Å². The van der Waals surface area contributed by atoms with Crippen LogP contribution in [0, 0.1) is 0 Å². The zero-order valence-corrected chi connectivity index (χ0v) is 42.4. The van der Waals surface area contributed by atoms with E-state index in [1.54, 1.807) is 10.9 Å². The fourth-order valence-electron chi connectivity index (χ4n) is 8.62. The minimum absolute atomic E-state index is 0.0125. The fraction of sp³-hybridized carbons (Fsp3) is 0.870. The van der Waals surface area contributed by atoms with Crippen molar-refractivity contribution in [2.24, 2.45) is 0 Å². The van der Waals surface area contributed by atoms with Crippen molar-refractivity contribution in [3.63, 3.8) is 0 Å². The summed E-state index contributed by atoms with van der Waals surface area (Å²) in [6, 6.07) is 0.355. The van der Waals surface area contributed by atoms with Gasteiger partial charge in [0.1, 0.15) is 48.8 Å². The number of urea groups is 1. The number of carbonyl (C=O) groups is 4. The standard InChI is InChI=1S/C46H80N8O18S/c55-26-31-38(60)39(61)41(63)45(70-31)72-43-32(27-56)71-44(42(64)40(43)62)69-20-8-17-54-25-29(52-53-54)12-13-36(59)49-16-7-19-67-22-24-68-23-21-66-18-6-15-48-34(57)10-2-1-5-14-47-35(58)11-4-3-9-33-37-30(28-73-33)50-46(65)51-37/h25,30-33,37-45,55-56,60-64H,1-24,26-28H2,(H,47,58)(H,48,57)(H,49,59)(H2,50,51,65)/t30-,31+,32+,33-,37-,38-,39-,40+,41+,42+,43-,44+,45+/m0/s1. The van der Waals surface area contributed by atoms with Gasteiger partial charge in [0.15, 0.2) is 12.6 Å². The third kappa shape index (κ3) is 20.9. The monoisotopic (exact) mass is 1060 g/mol. The Hall–Kier alpha value is -3.39. The van der Waals surface area contributed by atoms with E-state index in [1.807, 2.05) is 11.8 Å². The first kappa shape index (κ1) is 60.5. The van der Waals surface area contributed by atoms with Crippen LogP contribution in [0.2, 0.25) is 0 Å². The van der Waals surface area contributed by atoms with Crippen molar-refractivity contribution in [1.82, 2.24) is 41.6 Å². The summed E-state index contributed by atoms with van der Waals surface area (Å²) in [5.41, 5.74) is 0.620. The summed E-state index contributed by atoms with van der Waals surface area (Å²) >= 11 is 1.89. The Morgan fingerprint density at radius 2 is 1.27 bits per heavy atom. The maximum atomic E-state index is 12.4. The number of aromatic nitrogens is 3. The Morgan fingerprint density at radius 1 is 0.671 bits per heavy atom. The number of aryl methyl sites for hydroxylation is 2. The summed E-state index contributed by atoms with van der Waals surface area (Å²) in [5, 5.41) is 94.4. The SMILES string of the molecule is O=C(CCCC[C@@H]1SC[C@@H]2NC(=O)N[C@@H]21)NCCCCCC(=O)NCCCOCCOCCOCCCNC(=O)CCc1cn(CCCO[C@@H]2O[C@H](CO)[C@H](O[C@H]3O[C@H](CO)[C@H](O)[C@H](O)[C@H]3O)[C@H](O)[C@H]2O)nn1. The molecule has 27 heteroatoms. The Morgan fingerprint density at radius 3 is 1.95 bits per heavy atom. The first-order valence-corrected chi connectivity index (χ1v) is 26.7.